The van der Waals surface area contributed by atoms with Gasteiger partial charge in [-0.3, -0.25) is 4.79 Å². The second kappa shape index (κ2) is 4.71. The Labute approximate surface area is 98.4 Å². The van der Waals surface area contributed by atoms with E-state index in [2.05, 4.69) is 0 Å². The second-order valence-corrected chi connectivity index (χ2v) is 5.23. The monoisotopic (exact) mass is 263 g/mol. The van der Waals surface area contributed by atoms with Crippen LogP contribution in [0.5, 0.6) is 5.75 Å². The highest BCUT2D eigenvalue weighted by Gasteiger charge is 2.16. The van der Waals surface area contributed by atoms with Crippen molar-refractivity contribution in [3.63, 3.8) is 0 Å². The van der Waals surface area contributed by atoms with E-state index in [4.69, 9.17) is 16.3 Å². The van der Waals surface area contributed by atoms with Crippen LogP contribution in [-0.4, -0.2) is 27.7 Å². The number of hydrogen-bond acceptors (Lipinski definition) is 4. The Balaban J connectivity index is 3.12. The lowest BCUT2D eigenvalue weighted by atomic mass is 10.2. The smallest absolute Gasteiger partial charge is 0.268 e. The maximum Gasteiger partial charge on any atom is 0.268 e. The van der Waals surface area contributed by atoms with Crippen LogP contribution in [0.2, 0.25) is 5.02 Å². The number of carbonyl (C=O) groups excluding carboxylic acids is 1. The van der Waals surface area contributed by atoms with Crippen LogP contribution in [0.3, 0.4) is 0 Å². The highest BCUT2D eigenvalue weighted by atomic mass is 35.5. The standard InChI is InChI=1S/C9H10ClNO4S/c1-15-8-4-3-6(10)5-7(8)9(12)11-16(2,13)14/h3-5H,1-2H3,(H,11,12). The first-order valence-electron chi connectivity index (χ1n) is 4.19. The SMILES string of the molecule is COc1ccc(Cl)cc1C(=O)NS(C)(=O)=O. The third-order valence-corrected chi connectivity index (χ3v) is 2.48. The molecule has 1 aromatic rings. The molecule has 0 aliphatic heterocycles. The van der Waals surface area contributed by atoms with Gasteiger partial charge in [-0.1, -0.05) is 11.6 Å². The van der Waals surface area contributed by atoms with E-state index in [9.17, 15) is 13.2 Å². The summed E-state index contributed by atoms with van der Waals surface area (Å²) >= 11 is 5.70. The highest BCUT2D eigenvalue weighted by molar-refractivity contribution is 7.89. The quantitative estimate of drug-likeness (QED) is 0.884. The summed E-state index contributed by atoms with van der Waals surface area (Å²) in [5.74, 6) is -0.521. The molecule has 0 radical (unpaired) electrons. The molecule has 0 spiro atoms. The van der Waals surface area contributed by atoms with Gasteiger partial charge in [0.25, 0.3) is 5.91 Å². The average molecular weight is 264 g/mol. The summed E-state index contributed by atoms with van der Waals surface area (Å²) in [4.78, 5) is 11.6. The predicted octanol–water partition coefficient (Wildman–Crippen LogP) is 1.04. The molecule has 0 aliphatic rings. The van der Waals surface area contributed by atoms with Gasteiger partial charge in [-0.2, -0.15) is 0 Å². The Bertz CT molecular complexity index is 512. The van der Waals surface area contributed by atoms with E-state index in [1.54, 1.807) is 0 Å². The Morgan fingerprint density at radius 1 is 1.44 bits per heavy atom. The fourth-order valence-electron chi connectivity index (χ4n) is 1.08. The third kappa shape index (κ3) is 3.39. The lowest BCUT2D eigenvalue weighted by Gasteiger charge is -2.08. The van der Waals surface area contributed by atoms with Gasteiger partial charge in [0.05, 0.1) is 18.9 Å². The predicted molar refractivity (Wildman–Crippen MR) is 60.3 cm³/mol. The Morgan fingerprint density at radius 3 is 2.56 bits per heavy atom. The van der Waals surface area contributed by atoms with E-state index in [1.807, 2.05) is 4.72 Å². The van der Waals surface area contributed by atoms with Gasteiger partial charge in [-0.15, -0.1) is 0 Å². The van der Waals surface area contributed by atoms with Crippen molar-refractivity contribution in [1.82, 2.24) is 4.72 Å². The van der Waals surface area contributed by atoms with Crippen LogP contribution < -0.4 is 9.46 Å². The van der Waals surface area contributed by atoms with Crippen molar-refractivity contribution in [2.24, 2.45) is 0 Å². The number of carbonyl (C=O) groups is 1. The molecule has 88 valence electrons. The Kier molecular flexibility index (Phi) is 3.77. The molecule has 0 saturated carbocycles. The fourth-order valence-corrected chi connectivity index (χ4v) is 1.70. The highest BCUT2D eigenvalue weighted by Crippen LogP contribution is 2.22. The van der Waals surface area contributed by atoms with Crippen LogP contribution in [-0.2, 0) is 10.0 Å². The summed E-state index contributed by atoms with van der Waals surface area (Å²) < 4.78 is 28.5. The van der Waals surface area contributed by atoms with E-state index in [-0.39, 0.29) is 11.3 Å². The van der Waals surface area contributed by atoms with Gasteiger partial charge >= 0.3 is 0 Å². The molecule has 1 rings (SSSR count). The van der Waals surface area contributed by atoms with E-state index in [0.29, 0.717) is 5.02 Å². The lowest BCUT2D eigenvalue weighted by molar-refractivity contribution is 0.0978. The maximum atomic E-state index is 11.6. The first-order chi connectivity index (χ1) is 7.33. The molecular formula is C9H10ClNO4S. The molecule has 0 aliphatic carbocycles. The first-order valence-corrected chi connectivity index (χ1v) is 6.46. The number of halogens is 1. The van der Waals surface area contributed by atoms with E-state index >= 15 is 0 Å². The zero-order chi connectivity index (χ0) is 12.3. The number of amides is 1. The molecule has 1 aromatic carbocycles. The maximum absolute atomic E-state index is 11.6. The molecule has 0 atom stereocenters. The van der Waals surface area contributed by atoms with Crippen molar-refractivity contribution in [1.29, 1.82) is 0 Å². The van der Waals surface area contributed by atoms with Crippen molar-refractivity contribution in [2.45, 2.75) is 0 Å². The minimum absolute atomic E-state index is 0.0698. The largest absolute Gasteiger partial charge is 0.496 e. The number of sulfonamides is 1. The molecule has 0 unspecified atom stereocenters. The topological polar surface area (TPSA) is 72.5 Å². The second-order valence-electron chi connectivity index (χ2n) is 3.05. The zero-order valence-corrected chi connectivity index (χ0v) is 10.2. The first kappa shape index (κ1) is 12.8. The van der Waals surface area contributed by atoms with Crippen molar-refractivity contribution in [3.8, 4) is 5.75 Å². The molecule has 0 heterocycles. The summed E-state index contributed by atoms with van der Waals surface area (Å²) in [6.45, 7) is 0. The summed E-state index contributed by atoms with van der Waals surface area (Å²) in [7, 11) is -2.23. The molecule has 1 amide bonds. The fraction of sp³-hybridized carbons (Fsp3) is 0.222. The lowest BCUT2D eigenvalue weighted by Crippen LogP contribution is -2.29. The number of methoxy groups -OCH3 is 1. The molecule has 5 nitrogen and oxygen atoms in total. The van der Waals surface area contributed by atoms with Gasteiger partial charge in [0.2, 0.25) is 10.0 Å². The Morgan fingerprint density at radius 2 is 2.06 bits per heavy atom. The Hall–Kier alpha value is -1.27. The number of ether oxygens (including phenoxy) is 1. The molecule has 0 fully saturated rings. The van der Waals surface area contributed by atoms with Gasteiger partial charge < -0.3 is 4.74 Å². The van der Waals surface area contributed by atoms with Gasteiger partial charge in [0, 0.05) is 5.02 Å². The van der Waals surface area contributed by atoms with Crippen molar-refractivity contribution in [3.05, 3.63) is 28.8 Å². The molecule has 7 heteroatoms. The summed E-state index contributed by atoms with van der Waals surface area (Å²) in [6, 6.07) is 4.36. The molecule has 1 N–H and O–H groups in total. The van der Waals surface area contributed by atoms with Crippen LogP contribution in [0.15, 0.2) is 18.2 Å². The van der Waals surface area contributed by atoms with E-state index in [0.717, 1.165) is 6.26 Å². The molecule has 0 bridgehead atoms. The molecule has 0 saturated heterocycles. The van der Waals surface area contributed by atoms with E-state index in [1.165, 1.54) is 25.3 Å². The van der Waals surface area contributed by atoms with Gasteiger partial charge in [-0.05, 0) is 18.2 Å². The third-order valence-electron chi connectivity index (χ3n) is 1.68. The molecule has 0 aromatic heterocycles. The number of benzene rings is 1. The average Bonchev–Trinajstić information content (AvgIpc) is 2.15. The molecule has 16 heavy (non-hydrogen) atoms. The van der Waals surface area contributed by atoms with Crippen molar-refractivity contribution < 1.29 is 17.9 Å². The van der Waals surface area contributed by atoms with Crippen LogP contribution in [0.1, 0.15) is 10.4 Å². The van der Waals surface area contributed by atoms with Crippen molar-refractivity contribution in [2.75, 3.05) is 13.4 Å². The van der Waals surface area contributed by atoms with E-state index < -0.39 is 15.9 Å². The minimum Gasteiger partial charge on any atom is -0.496 e. The number of hydrogen-bond donors (Lipinski definition) is 1. The zero-order valence-electron chi connectivity index (χ0n) is 8.65. The van der Waals surface area contributed by atoms with Crippen LogP contribution in [0.4, 0.5) is 0 Å². The van der Waals surface area contributed by atoms with Crippen LogP contribution in [0.25, 0.3) is 0 Å². The van der Waals surface area contributed by atoms with Crippen LogP contribution >= 0.6 is 11.6 Å². The minimum atomic E-state index is -3.61. The van der Waals surface area contributed by atoms with Gasteiger partial charge in [-0.25, -0.2) is 13.1 Å². The van der Waals surface area contributed by atoms with Gasteiger partial charge in [0.1, 0.15) is 5.75 Å². The van der Waals surface area contributed by atoms with Crippen LogP contribution in [0, 0.1) is 0 Å². The number of nitrogens with one attached hydrogen (secondary N) is 1. The van der Waals surface area contributed by atoms with Crippen molar-refractivity contribution >= 4 is 27.5 Å². The summed E-state index contributed by atoms with van der Waals surface area (Å²) in [5.41, 5.74) is 0.0698. The molecular weight excluding hydrogens is 254 g/mol. The summed E-state index contributed by atoms with van der Waals surface area (Å²) in [6.07, 6.45) is 0.891. The summed E-state index contributed by atoms with van der Waals surface area (Å²) in [5, 5.41) is 0.319. The number of rotatable bonds is 3. The van der Waals surface area contributed by atoms with Gasteiger partial charge in [0.15, 0.2) is 0 Å². The normalized spacial score (nSPS) is 10.9.